The zero-order valence-electron chi connectivity index (χ0n) is 9.06. The summed E-state index contributed by atoms with van der Waals surface area (Å²) in [5.74, 6) is 0.221. The van der Waals surface area contributed by atoms with E-state index in [0.717, 1.165) is 6.42 Å². The Morgan fingerprint density at radius 3 is 2.73 bits per heavy atom. The zero-order chi connectivity index (χ0) is 11.1. The third kappa shape index (κ3) is 4.56. The quantitative estimate of drug-likeness (QED) is 0.592. The minimum Gasteiger partial charge on any atom is -0.367 e. The van der Waals surface area contributed by atoms with E-state index in [4.69, 9.17) is 4.84 Å². The Balaban J connectivity index is 2.25. The lowest BCUT2D eigenvalue weighted by Gasteiger charge is -2.06. The van der Waals surface area contributed by atoms with Crippen molar-refractivity contribution in [3.63, 3.8) is 0 Å². The maximum absolute atomic E-state index is 11.4. The summed E-state index contributed by atoms with van der Waals surface area (Å²) in [6.45, 7) is 4.91. The first-order valence-corrected chi connectivity index (χ1v) is 5.04. The molecule has 0 saturated heterocycles. The van der Waals surface area contributed by atoms with Crippen molar-refractivity contribution in [2.24, 2.45) is 5.92 Å². The molecule has 0 aliphatic heterocycles. The molecule has 4 heteroatoms. The Kier molecular flexibility index (Phi) is 4.77. The zero-order valence-corrected chi connectivity index (χ0v) is 9.06. The first-order chi connectivity index (χ1) is 7.20. The fraction of sp³-hybridized carbons (Fsp3) is 0.455. The largest absolute Gasteiger partial charge is 0.367 e. The molecule has 1 rings (SSSR count). The average Bonchev–Trinajstić information content (AvgIpc) is 2.25. The van der Waals surface area contributed by atoms with Gasteiger partial charge < -0.3 is 4.84 Å². The summed E-state index contributed by atoms with van der Waals surface area (Å²) in [4.78, 5) is 20.1. The van der Waals surface area contributed by atoms with Gasteiger partial charge in [0.05, 0.1) is 5.56 Å². The van der Waals surface area contributed by atoms with Gasteiger partial charge in [-0.3, -0.25) is 4.98 Å². The van der Waals surface area contributed by atoms with Gasteiger partial charge in [0.15, 0.2) is 0 Å². The van der Waals surface area contributed by atoms with Gasteiger partial charge in [0.1, 0.15) is 0 Å². The summed E-state index contributed by atoms with van der Waals surface area (Å²) in [6.07, 6.45) is 4.10. The van der Waals surface area contributed by atoms with Gasteiger partial charge in [0.25, 0.3) is 0 Å². The summed E-state index contributed by atoms with van der Waals surface area (Å²) < 4.78 is 0. The lowest BCUT2D eigenvalue weighted by Crippen LogP contribution is -2.22. The number of carbonyl (C=O) groups is 1. The molecule has 0 fully saturated rings. The number of pyridine rings is 1. The van der Waals surface area contributed by atoms with Gasteiger partial charge in [-0.1, -0.05) is 13.8 Å². The van der Waals surface area contributed by atoms with E-state index in [0.29, 0.717) is 18.0 Å². The third-order valence-electron chi connectivity index (χ3n) is 1.90. The number of nitrogens with one attached hydrogen (secondary N) is 1. The normalized spacial score (nSPS) is 10.3. The van der Waals surface area contributed by atoms with Crippen molar-refractivity contribution >= 4 is 5.97 Å². The lowest BCUT2D eigenvalue weighted by atomic mass is 10.1. The Bertz CT molecular complexity index is 299. The van der Waals surface area contributed by atoms with E-state index in [2.05, 4.69) is 24.3 Å². The molecule has 1 aromatic rings. The molecule has 0 aromatic carbocycles. The molecule has 15 heavy (non-hydrogen) atoms. The van der Waals surface area contributed by atoms with Gasteiger partial charge in [-0.15, -0.1) is 0 Å². The number of aromatic nitrogens is 1. The molecule has 1 heterocycles. The van der Waals surface area contributed by atoms with Crippen LogP contribution >= 0.6 is 0 Å². The van der Waals surface area contributed by atoms with Crippen LogP contribution < -0.4 is 5.48 Å². The maximum Gasteiger partial charge on any atom is 0.356 e. The first kappa shape index (κ1) is 11.7. The first-order valence-electron chi connectivity index (χ1n) is 5.04. The Morgan fingerprint density at radius 2 is 2.13 bits per heavy atom. The Hall–Kier alpha value is -1.42. The number of hydrogen-bond acceptors (Lipinski definition) is 4. The second-order valence-corrected chi connectivity index (χ2v) is 3.70. The second kappa shape index (κ2) is 6.14. The highest BCUT2D eigenvalue weighted by Crippen LogP contribution is 1.99. The minimum absolute atomic E-state index is 0.374. The monoisotopic (exact) mass is 208 g/mol. The molecule has 0 amide bonds. The Morgan fingerprint density at radius 1 is 1.47 bits per heavy atom. The van der Waals surface area contributed by atoms with Gasteiger partial charge in [-0.25, -0.2) is 4.79 Å². The highest BCUT2D eigenvalue weighted by atomic mass is 16.7. The smallest absolute Gasteiger partial charge is 0.356 e. The van der Waals surface area contributed by atoms with Crippen LogP contribution in [0.5, 0.6) is 0 Å². The van der Waals surface area contributed by atoms with Gasteiger partial charge in [-0.05, 0) is 24.5 Å². The lowest BCUT2D eigenvalue weighted by molar-refractivity contribution is 0.0245. The summed E-state index contributed by atoms with van der Waals surface area (Å²) in [5, 5.41) is 0. The van der Waals surface area contributed by atoms with Crippen molar-refractivity contribution in [1.29, 1.82) is 0 Å². The maximum atomic E-state index is 11.4. The fourth-order valence-corrected chi connectivity index (χ4v) is 1.01. The van der Waals surface area contributed by atoms with Crippen LogP contribution in [0.1, 0.15) is 30.6 Å². The summed E-state index contributed by atoms with van der Waals surface area (Å²) >= 11 is 0. The molecule has 0 aliphatic carbocycles. The van der Waals surface area contributed by atoms with E-state index in [9.17, 15) is 4.79 Å². The van der Waals surface area contributed by atoms with Crippen LogP contribution in [0.2, 0.25) is 0 Å². The van der Waals surface area contributed by atoms with Crippen LogP contribution in [0, 0.1) is 5.92 Å². The molecule has 4 nitrogen and oxygen atoms in total. The van der Waals surface area contributed by atoms with Crippen molar-refractivity contribution in [2.45, 2.75) is 20.3 Å². The van der Waals surface area contributed by atoms with E-state index in [1.807, 2.05) is 0 Å². The number of rotatable bonds is 5. The molecule has 82 valence electrons. The Labute approximate surface area is 89.6 Å². The topological polar surface area (TPSA) is 51.2 Å². The van der Waals surface area contributed by atoms with Crippen LogP contribution in [-0.4, -0.2) is 17.5 Å². The molecule has 0 atom stereocenters. The fourth-order valence-electron chi connectivity index (χ4n) is 1.01. The number of carbonyl (C=O) groups excluding carboxylic acids is 1. The van der Waals surface area contributed by atoms with Gasteiger partial charge >= 0.3 is 5.97 Å². The molecule has 1 aromatic heterocycles. The molecule has 0 unspecified atom stereocenters. The summed E-state index contributed by atoms with van der Waals surface area (Å²) in [5.41, 5.74) is 3.15. The molecule has 0 spiro atoms. The predicted molar refractivity (Wildman–Crippen MR) is 57.1 cm³/mol. The third-order valence-corrected chi connectivity index (χ3v) is 1.90. The van der Waals surface area contributed by atoms with Crippen LogP contribution in [0.15, 0.2) is 24.5 Å². The number of hydroxylamine groups is 1. The average molecular weight is 208 g/mol. The molecule has 0 aliphatic rings. The second-order valence-electron chi connectivity index (χ2n) is 3.70. The number of hydrogen-bond donors (Lipinski definition) is 1. The van der Waals surface area contributed by atoms with Gasteiger partial charge in [0.2, 0.25) is 0 Å². The number of nitrogens with zero attached hydrogens (tertiary/aromatic N) is 1. The molecule has 0 saturated carbocycles. The molecular formula is C11H16N2O2. The summed E-state index contributed by atoms with van der Waals surface area (Å²) in [6, 6.07) is 3.24. The standard InChI is InChI=1S/C11H16N2O2/c1-9(2)3-8-13-15-11(14)10-4-6-12-7-5-10/h4-7,9,13H,3,8H2,1-2H3. The van der Waals surface area contributed by atoms with Crippen molar-refractivity contribution in [1.82, 2.24) is 10.5 Å². The van der Waals surface area contributed by atoms with Crippen LogP contribution in [0.4, 0.5) is 0 Å². The van der Waals surface area contributed by atoms with E-state index in [-0.39, 0.29) is 5.97 Å². The van der Waals surface area contributed by atoms with Gasteiger partial charge in [0, 0.05) is 18.9 Å². The van der Waals surface area contributed by atoms with E-state index >= 15 is 0 Å². The van der Waals surface area contributed by atoms with Crippen molar-refractivity contribution in [2.75, 3.05) is 6.54 Å². The molecule has 1 N–H and O–H groups in total. The highest BCUT2D eigenvalue weighted by molar-refractivity contribution is 5.88. The molecular weight excluding hydrogens is 192 g/mol. The van der Waals surface area contributed by atoms with Crippen LogP contribution in [0.25, 0.3) is 0 Å². The van der Waals surface area contributed by atoms with Gasteiger partial charge in [-0.2, -0.15) is 5.48 Å². The van der Waals surface area contributed by atoms with Crippen LogP contribution in [-0.2, 0) is 4.84 Å². The SMILES string of the molecule is CC(C)CCNOC(=O)c1ccncc1. The minimum atomic E-state index is -0.374. The van der Waals surface area contributed by atoms with Crippen molar-refractivity contribution in [3.05, 3.63) is 30.1 Å². The van der Waals surface area contributed by atoms with E-state index in [1.54, 1.807) is 24.5 Å². The van der Waals surface area contributed by atoms with Crippen molar-refractivity contribution < 1.29 is 9.63 Å². The summed E-state index contributed by atoms with van der Waals surface area (Å²) in [7, 11) is 0. The van der Waals surface area contributed by atoms with Crippen molar-refractivity contribution in [3.8, 4) is 0 Å². The van der Waals surface area contributed by atoms with Crippen LogP contribution in [0.3, 0.4) is 0 Å². The molecule has 0 radical (unpaired) electrons. The van der Waals surface area contributed by atoms with E-state index < -0.39 is 0 Å². The highest BCUT2D eigenvalue weighted by Gasteiger charge is 2.05. The molecule has 0 bridgehead atoms. The van der Waals surface area contributed by atoms with E-state index in [1.165, 1.54) is 0 Å². The predicted octanol–water partition coefficient (Wildman–Crippen LogP) is 1.79.